The Morgan fingerprint density at radius 2 is 1.54 bits per heavy atom. The summed E-state index contributed by atoms with van der Waals surface area (Å²) in [6, 6.07) is 6.02. The summed E-state index contributed by atoms with van der Waals surface area (Å²) in [4.78, 5) is 23.7. The zero-order valence-corrected chi connectivity index (χ0v) is 16.8. The van der Waals surface area contributed by atoms with Crippen LogP contribution >= 0.6 is 0 Å². The first kappa shape index (κ1) is 19.9. The molecule has 0 spiro atoms. The summed E-state index contributed by atoms with van der Waals surface area (Å²) < 4.78 is 0. The van der Waals surface area contributed by atoms with E-state index in [0.29, 0.717) is 11.6 Å². The largest absolute Gasteiger partial charge is 0.337 e. The van der Waals surface area contributed by atoms with Crippen LogP contribution in [0.5, 0.6) is 0 Å². The van der Waals surface area contributed by atoms with Gasteiger partial charge in [-0.25, -0.2) is 9.97 Å². The molecule has 0 saturated carbocycles. The van der Waals surface area contributed by atoms with Gasteiger partial charge >= 0.3 is 0 Å². The van der Waals surface area contributed by atoms with Crippen LogP contribution in [0.15, 0.2) is 18.2 Å². The lowest BCUT2D eigenvalue weighted by Crippen LogP contribution is -2.33. The van der Waals surface area contributed by atoms with E-state index in [-0.39, 0.29) is 5.91 Å². The summed E-state index contributed by atoms with van der Waals surface area (Å²) in [5, 5.41) is 3.31. The summed E-state index contributed by atoms with van der Waals surface area (Å²) in [6.07, 6.45) is 1.87. The molecule has 26 heavy (non-hydrogen) atoms. The predicted molar refractivity (Wildman–Crippen MR) is 107 cm³/mol. The maximum absolute atomic E-state index is 12.9. The molecule has 2 rings (SSSR count). The SMILES string of the molecule is CCCN(CCC)C(=O)c1cc(C)nc(Nc2c(C)cc(C)cc2C)n1. The standard InChI is InChI=1S/C21H30N4O/c1-7-9-25(10-8-2)20(26)18-13-17(6)22-21(23-18)24-19-15(4)11-14(3)12-16(19)5/h11-13H,7-10H2,1-6H3,(H,22,23,24). The Bertz CT molecular complexity index is 757. The second kappa shape index (κ2) is 8.79. The van der Waals surface area contributed by atoms with Crippen molar-refractivity contribution in [1.29, 1.82) is 0 Å². The first-order chi connectivity index (χ1) is 12.3. The fraction of sp³-hybridized carbons (Fsp3) is 0.476. The molecule has 140 valence electrons. The number of benzene rings is 1. The Hall–Kier alpha value is -2.43. The number of nitrogens with one attached hydrogen (secondary N) is 1. The molecular weight excluding hydrogens is 324 g/mol. The summed E-state index contributed by atoms with van der Waals surface area (Å²) in [7, 11) is 0. The molecule has 0 bridgehead atoms. The van der Waals surface area contributed by atoms with Crippen molar-refractivity contribution in [3.8, 4) is 0 Å². The number of rotatable bonds is 7. The number of hydrogen-bond acceptors (Lipinski definition) is 4. The van der Waals surface area contributed by atoms with Crippen LogP contribution in [0.2, 0.25) is 0 Å². The lowest BCUT2D eigenvalue weighted by Gasteiger charge is -2.21. The number of nitrogens with zero attached hydrogens (tertiary/aromatic N) is 3. The van der Waals surface area contributed by atoms with Gasteiger partial charge in [-0.2, -0.15) is 0 Å². The van der Waals surface area contributed by atoms with Gasteiger partial charge in [0.1, 0.15) is 5.69 Å². The minimum absolute atomic E-state index is 0.0281. The maximum atomic E-state index is 12.9. The van der Waals surface area contributed by atoms with E-state index in [0.717, 1.165) is 48.4 Å². The van der Waals surface area contributed by atoms with Gasteiger partial charge in [0.2, 0.25) is 5.95 Å². The van der Waals surface area contributed by atoms with Gasteiger partial charge in [-0.3, -0.25) is 4.79 Å². The fourth-order valence-corrected chi connectivity index (χ4v) is 3.24. The number of hydrogen-bond donors (Lipinski definition) is 1. The Labute approximate surface area is 156 Å². The van der Waals surface area contributed by atoms with Crippen molar-refractivity contribution in [1.82, 2.24) is 14.9 Å². The third-order valence-corrected chi connectivity index (χ3v) is 4.26. The van der Waals surface area contributed by atoms with Crippen LogP contribution in [0, 0.1) is 27.7 Å². The molecule has 1 heterocycles. The molecule has 2 aromatic rings. The molecule has 5 nitrogen and oxygen atoms in total. The van der Waals surface area contributed by atoms with Gasteiger partial charge in [0, 0.05) is 24.5 Å². The van der Waals surface area contributed by atoms with Crippen molar-refractivity contribution in [2.24, 2.45) is 0 Å². The van der Waals surface area contributed by atoms with E-state index < -0.39 is 0 Å². The Kier molecular flexibility index (Phi) is 6.72. The molecular formula is C21H30N4O. The molecule has 0 unspecified atom stereocenters. The molecule has 0 aliphatic rings. The summed E-state index contributed by atoms with van der Waals surface area (Å²) >= 11 is 0. The van der Waals surface area contributed by atoms with Crippen molar-refractivity contribution in [3.05, 3.63) is 46.3 Å². The first-order valence-corrected chi connectivity index (χ1v) is 9.35. The summed E-state index contributed by atoms with van der Waals surface area (Å²) in [5.41, 5.74) is 5.73. The van der Waals surface area contributed by atoms with E-state index >= 15 is 0 Å². The quantitative estimate of drug-likeness (QED) is 0.782. The lowest BCUT2D eigenvalue weighted by molar-refractivity contribution is 0.0749. The number of anilines is 2. The highest BCUT2D eigenvalue weighted by Gasteiger charge is 2.18. The third-order valence-electron chi connectivity index (χ3n) is 4.26. The highest BCUT2D eigenvalue weighted by molar-refractivity contribution is 5.92. The number of carbonyl (C=O) groups is 1. The van der Waals surface area contributed by atoms with Crippen molar-refractivity contribution >= 4 is 17.5 Å². The molecule has 1 amide bonds. The molecule has 0 aliphatic heterocycles. The van der Waals surface area contributed by atoms with Gasteiger partial charge in [0.25, 0.3) is 5.91 Å². The second-order valence-corrected chi connectivity index (χ2v) is 6.91. The van der Waals surface area contributed by atoms with Crippen molar-refractivity contribution < 1.29 is 4.79 Å². The number of aromatic nitrogens is 2. The lowest BCUT2D eigenvalue weighted by atomic mass is 10.1. The monoisotopic (exact) mass is 354 g/mol. The maximum Gasteiger partial charge on any atom is 0.272 e. The summed E-state index contributed by atoms with van der Waals surface area (Å²) in [5.74, 6) is 0.441. The van der Waals surface area contributed by atoms with Gasteiger partial charge < -0.3 is 10.2 Å². The number of carbonyl (C=O) groups excluding carboxylic acids is 1. The number of amides is 1. The van der Waals surface area contributed by atoms with Crippen molar-refractivity contribution in [2.45, 2.75) is 54.4 Å². The van der Waals surface area contributed by atoms with E-state index in [1.165, 1.54) is 5.56 Å². The van der Waals surface area contributed by atoms with E-state index in [2.05, 4.69) is 62.0 Å². The second-order valence-electron chi connectivity index (χ2n) is 6.91. The zero-order valence-electron chi connectivity index (χ0n) is 16.8. The Morgan fingerprint density at radius 3 is 2.08 bits per heavy atom. The first-order valence-electron chi connectivity index (χ1n) is 9.35. The molecule has 0 fully saturated rings. The van der Waals surface area contributed by atoms with Gasteiger partial charge in [0.05, 0.1) is 0 Å². The topological polar surface area (TPSA) is 58.1 Å². The number of aryl methyl sites for hydroxylation is 4. The van der Waals surface area contributed by atoms with Gasteiger partial charge in [-0.05, 0) is 57.7 Å². The van der Waals surface area contributed by atoms with Crippen molar-refractivity contribution in [3.63, 3.8) is 0 Å². The molecule has 0 saturated heterocycles. The Balaban J connectivity index is 2.34. The van der Waals surface area contributed by atoms with Crippen LogP contribution in [0.1, 0.15) is 59.6 Å². The molecule has 0 radical (unpaired) electrons. The van der Waals surface area contributed by atoms with Crippen molar-refractivity contribution in [2.75, 3.05) is 18.4 Å². The summed E-state index contributed by atoms with van der Waals surface area (Å²) in [6.45, 7) is 13.8. The molecule has 0 atom stereocenters. The highest BCUT2D eigenvalue weighted by atomic mass is 16.2. The fourth-order valence-electron chi connectivity index (χ4n) is 3.24. The molecule has 1 N–H and O–H groups in total. The molecule has 0 aliphatic carbocycles. The van der Waals surface area contributed by atoms with Crippen LogP contribution in [-0.2, 0) is 0 Å². The van der Waals surface area contributed by atoms with E-state index in [1.807, 2.05) is 11.8 Å². The van der Waals surface area contributed by atoms with Gasteiger partial charge in [-0.15, -0.1) is 0 Å². The van der Waals surface area contributed by atoms with E-state index in [9.17, 15) is 4.79 Å². The van der Waals surface area contributed by atoms with Crippen LogP contribution in [0.25, 0.3) is 0 Å². The van der Waals surface area contributed by atoms with Gasteiger partial charge in [-0.1, -0.05) is 31.5 Å². The minimum Gasteiger partial charge on any atom is -0.337 e. The molecule has 5 heteroatoms. The average molecular weight is 354 g/mol. The third kappa shape index (κ3) is 4.81. The van der Waals surface area contributed by atoms with Crippen LogP contribution < -0.4 is 5.32 Å². The highest BCUT2D eigenvalue weighted by Crippen LogP contribution is 2.24. The van der Waals surface area contributed by atoms with Crippen LogP contribution in [0.4, 0.5) is 11.6 Å². The van der Waals surface area contributed by atoms with Crippen LogP contribution in [-0.4, -0.2) is 33.9 Å². The van der Waals surface area contributed by atoms with Gasteiger partial charge in [0.15, 0.2) is 0 Å². The smallest absolute Gasteiger partial charge is 0.272 e. The minimum atomic E-state index is -0.0281. The normalized spacial score (nSPS) is 10.7. The predicted octanol–water partition coefficient (Wildman–Crippen LogP) is 4.72. The van der Waals surface area contributed by atoms with Crippen LogP contribution in [0.3, 0.4) is 0 Å². The molecule has 1 aromatic heterocycles. The van der Waals surface area contributed by atoms with E-state index in [4.69, 9.17) is 0 Å². The zero-order chi connectivity index (χ0) is 19.3. The average Bonchev–Trinajstić information content (AvgIpc) is 2.57. The van der Waals surface area contributed by atoms with E-state index in [1.54, 1.807) is 6.07 Å². The Morgan fingerprint density at radius 1 is 0.962 bits per heavy atom. The molecule has 1 aromatic carbocycles.